The molecule has 2 aromatic rings. The summed E-state index contributed by atoms with van der Waals surface area (Å²) < 4.78 is 1.98. The Bertz CT molecular complexity index is 1250. The van der Waals surface area contributed by atoms with Crippen LogP contribution in [-0.2, 0) is 22.6 Å². The molecule has 0 spiro atoms. The van der Waals surface area contributed by atoms with E-state index in [0.717, 1.165) is 43.4 Å². The van der Waals surface area contributed by atoms with Crippen molar-refractivity contribution in [2.45, 2.75) is 59.4 Å². The molecule has 5 N–H and O–H groups in total. The molecule has 3 amide bonds. The molecular weight excluding hydrogens is 478 g/mol. The molecule has 2 aromatic heterocycles. The van der Waals surface area contributed by atoms with E-state index in [-0.39, 0.29) is 35.0 Å². The SMILES string of the molecule is C[C@H]1C[C@H]2C[C@@H](C(N)=O)C[C@H]2C[C@H]1C(=O)Nc1cc(-c2cc(C(N)=O)n3c2CC(C)(C)C3)c(Cl)cn1. The Labute approximate surface area is 216 Å². The van der Waals surface area contributed by atoms with Crippen LogP contribution in [0, 0.1) is 35.0 Å². The lowest BCUT2D eigenvalue weighted by Crippen LogP contribution is -2.36. The standard InChI is InChI=1S/C27H34ClN5O3/c1-13-4-14-5-16(24(29)34)6-15(14)7-17(13)26(36)32-23-9-18(20(28)11-31-23)19-8-21(25(30)35)33-12-27(2,3)10-22(19)33/h8-9,11,13-17H,4-7,10,12H2,1-3H3,(H2,29,34)(H2,30,35)(H,31,32,36)/t13-,14-,15-,16+,17+/m0/s1. The molecule has 1 aliphatic heterocycles. The number of anilines is 1. The second kappa shape index (κ2) is 8.91. The van der Waals surface area contributed by atoms with Crippen molar-refractivity contribution in [3.63, 3.8) is 0 Å². The first-order valence-electron chi connectivity index (χ1n) is 12.7. The van der Waals surface area contributed by atoms with Crippen molar-refractivity contribution in [3.8, 4) is 11.1 Å². The van der Waals surface area contributed by atoms with Crippen molar-refractivity contribution < 1.29 is 14.4 Å². The number of fused-ring (bicyclic) bond motifs is 2. The molecule has 9 heteroatoms. The van der Waals surface area contributed by atoms with E-state index in [0.29, 0.717) is 40.5 Å². The number of primary amides is 2. The van der Waals surface area contributed by atoms with E-state index in [9.17, 15) is 14.4 Å². The van der Waals surface area contributed by atoms with Crippen molar-refractivity contribution in [1.82, 2.24) is 9.55 Å². The zero-order valence-electron chi connectivity index (χ0n) is 21.0. The average molecular weight is 512 g/mol. The van der Waals surface area contributed by atoms with Crippen molar-refractivity contribution in [1.29, 1.82) is 0 Å². The maximum Gasteiger partial charge on any atom is 0.265 e. The summed E-state index contributed by atoms with van der Waals surface area (Å²) in [6.07, 6.45) is 5.62. The van der Waals surface area contributed by atoms with Gasteiger partial charge in [0.05, 0.1) is 5.02 Å². The maximum atomic E-state index is 13.3. The number of halogens is 1. The van der Waals surface area contributed by atoms with Crippen LogP contribution in [-0.4, -0.2) is 27.3 Å². The molecule has 36 heavy (non-hydrogen) atoms. The number of aromatic nitrogens is 2. The highest BCUT2D eigenvalue weighted by Gasteiger charge is 2.45. The van der Waals surface area contributed by atoms with E-state index in [1.165, 1.54) is 6.20 Å². The Morgan fingerprint density at radius 2 is 1.78 bits per heavy atom. The summed E-state index contributed by atoms with van der Waals surface area (Å²) in [7, 11) is 0. The van der Waals surface area contributed by atoms with Gasteiger partial charge in [0, 0.05) is 41.4 Å². The Kier molecular flexibility index (Phi) is 6.14. The van der Waals surface area contributed by atoms with Crippen LogP contribution in [0.5, 0.6) is 0 Å². The molecular formula is C27H34ClN5O3. The lowest BCUT2D eigenvalue weighted by molar-refractivity contribution is -0.123. The third kappa shape index (κ3) is 4.40. The Balaban J connectivity index is 1.38. The third-order valence-electron chi connectivity index (χ3n) is 8.59. The number of amides is 3. The van der Waals surface area contributed by atoms with Crippen molar-refractivity contribution in [2.24, 2.45) is 46.5 Å². The Morgan fingerprint density at radius 1 is 1.08 bits per heavy atom. The van der Waals surface area contributed by atoms with Crippen LogP contribution in [0.15, 0.2) is 18.3 Å². The van der Waals surface area contributed by atoms with E-state index >= 15 is 0 Å². The minimum atomic E-state index is -0.478. The molecule has 192 valence electrons. The smallest absolute Gasteiger partial charge is 0.265 e. The molecule has 3 heterocycles. The number of nitrogens with one attached hydrogen (secondary N) is 1. The number of nitrogens with zero attached hydrogens (tertiary/aromatic N) is 2. The number of pyridine rings is 1. The quantitative estimate of drug-likeness (QED) is 0.559. The summed E-state index contributed by atoms with van der Waals surface area (Å²) in [5, 5.41) is 3.45. The summed E-state index contributed by atoms with van der Waals surface area (Å²) in [6.45, 7) is 7.11. The van der Waals surface area contributed by atoms with E-state index in [1.54, 1.807) is 12.1 Å². The van der Waals surface area contributed by atoms with E-state index in [1.807, 2.05) is 4.57 Å². The molecule has 0 saturated heterocycles. The largest absolute Gasteiger partial charge is 0.369 e. The van der Waals surface area contributed by atoms with Crippen molar-refractivity contribution in [2.75, 3.05) is 5.32 Å². The van der Waals surface area contributed by atoms with Gasteiger partial charge in [-0.3, -0.25) is 14.4 Å². The summed E-state index contributed by atoms with van der Waals surface area (Å²) in [6, 6.07) is 3.57. The zero-order valence-corrected chi connectivity index (χ0v) is 21.8. The molecule has 3 aliphatic rings. The summed E-state index contributed by atoms with van der Waals surface area (Å²) in [4.78, 5) is 41.5. The molecule has 0 unspecified atom stereocenters. The summed E-state index contributed by atoms with van der Waals surface area (Å²) >= 11 is 6.56. The normalized spacial score (nSPS) is 28.4. The van der Waals surface area contributed by atoms with Gasteiger partial charge in [-0.2, -0.15) is 0 Å². The molecule has 2 aliphatic carbocycles. The van der Waals surface area contributed by atoms with Crippen LogP contribution >= 0.6 is 11.6 Å². The average Bonchev–Trinajstić information content (AvgIpc) is 3.44. The van der Waals surface area contributed by atoms with Gasteiger partial charge in [0.15, 0.2) is 0 Å². The number of hydrogen-bond acceptors (Lipinski definition) is 4. The first-order chi connectivity index (χ1) is 16.9. The van der Waals surface area contributed by atoms with Crippen molar-refractivity contribution in [3.05, 3.63) is 34.7 Å². The highest BCUT2D eigenvalue weighted by molar-refractivity contribution is 6.33. The molecule has 2 saturated carbocycles. The van der Waals surface area contributed by atoms with Crippen LogP contribution in [0.25, 0.3) is 11.1 Å². The van der Waals surface area contributed by atoms with Gasteiger partial charge in [-0.1, -0.05) is 32.4 Å². The van der Waals surface area contributed by atoms with Crippen LogP contribution in [0.4, 0.5) is 5.82 Å². The molecule has 8 nitrogen and oxygen atoms in total. The molecule has 0 aromatic carbocycles. The Hall–Kier alpha value is -2.87. The van der Waals surface area contributed by atoms with Crippen LogP contribution in [0.1, 0.15) is 62.6 Å². The summed E-state index contributed by atoms with van der Waals surface area (Å²) in [5.74, 6) is 0.446. The van der Waals surface area contributed by atoms with Crippen LogP contribution < -0.4 is 16.8 Å². The predicted octanol–water partition coefficient (Wildman–Crippen LogP) is 4.00. The second-order valence-corrected chi connectivity index (χ2v) is 12.3. The predicted molar refractivity (Wildman–Crippen MR) is 138 cm³/mol. The lowest BCUT2D eigenvalue weighted by Gasteiger charge is -2.36. The van der Waals surface area contributed by atoms with Gasteiger partial charge in [-0.05, 0) is 67.4 Å². The molecule has 5 rings (SSSR count). The fourth-order valence-corrected chi connectivity index (χ4v) is 7.06. The molecule has 0 radical (unpaired) electrons. The maximum absolute atomic E-state index is 13.3. The van der Waals surface area contributed by atoms with Gasteiger partial charge in [0.25, 0.3) is 5.91 Å². The van der Waals surface area contributed by atoms with Gasteiger partial charge in [-0.15, -0.1) is 0 Å². The van der Waals surface area contributed by atoms with Gasteiger partial charge >= 0.3 is 0 Å². The van der Waals surface area contributed by atoms with Crippen LogP contribution in [0.3, 0.4) is 0 Å². The van der Waals surface area contributed by atoms with Crippen molar-refractivity contribution >= 4 is 35.1 Å². The zero-order chi connectivity index (χ0) is 25.9. The van der Waals surface area contributed by atoms with Crippen LogP contribution in [0.2, 0.25) is 5.02 Å². The lowest BCUT2D eigenvalue weighted by atomic mass is 9.70. The van der Waals surface area contributed by atoms with Gasteiger partial charge in [-0.25, -0.2) is 4.98 Å². The first kappa shape index (κ1) is 24.8. The van der Waals surface area contributed by atoms with E-state index < -0.39 is 5.91 Å². The first-order valence-corrected chi connectivity index (χ1v) is 13.1. The molecule has 5 atom stereocenters. The van der Waals surface area contributed by atoms with E-state index in [2.05, 4.69) is 31.1 Å². The highest BCUT2D eigenvalue weighted by atomic mass is 35.5. The molecule has 2 fully saturated rings. The monoisotopic (exact) mass is 511 g/mol. The number of carbonyl (C=O) groups is 3. The van der Waals surface area contributed by atoms with E-state index in [4.69, 9.17) is 23.1 Å². The number of nitrogens with two attached hydrogens (primary N) is 2. The number of carbonyl (C=O) groups excluding carboxylic acids is 3. The number of hydrogen-bond donors (Lipinski definition) is 3. The fourth-order valence-electron chi connectivity index (χ4n) is 6.85. The van der Waals surface area contributed by atoms with Gasteiger partial charge < -0.3 is 21.4 Å². The van der Waals surface area contributed by atoms with Gasteiger partial charge in [0.1, 0.15) is 11.5 Å². The highest BCUT2D eigenvalue weighted by Crippen LogP contribution is 2.49. The minimum absolute atomic E-state index is 0.00512. The summed E-state index contributed by atoms with van der Waals surface area (Å²) in [5.41, 5.74) is 14.3. The Morgan fingerprint density at radius 3 is 2.44 bits per heavy atom. The molecule has 0 bridgehead atoms. The topological polar surface area (TPSA) is 133 Å². The fraction of sp³-hybridized carbons (Fsp3) is 0.556. The minimum Gasteiger partial charge on any atom is -0.369 e. The van der Waals surface area contributed by atoms with Gasteiger partial charge in [0.2, 0.25) is 11.8 Å². The second-order valence-electron chi connectivity index (χ2n) is 11.9. The third-order valence-corrected chi connectivity index (χ3v) is 8.89. The number of rotatable bonds is 5.